The highest BCUT2D eigenvalue weighted by Gasteiger charge is 2.22. The number of nitrogens with two attached hydrogens (primary N) is 1. The molecule has 0 aromatic rings. The molecule has 2 unspecified atom stereocenters. The highest BCUT2D eigenvalue weighted by atomic mass is 16.4. The van der Waals surface area contributed by atoms with Gasteiger partial charge in [0.25, 0.3) is 0 Å². The van der Waals surface area contributed by atoms with E-state index in [1.807, 2.05) is 13.8 Å². The Morgan fingerprint density at radius 1 is 1.21 bits per heavy atom. The molecule has 0 aromatic carbocycles. The van der Waals surface area contributed by atoms with Crippen LogP contribution in [0.5, 0.6) is 0 Å². The van der Waals surface area contributed by atoms with Crippen molar-refractivity contribution in [2.75, 3.05) is 0 Å². The Morgan fingerprint density at radius 3 is 2.11 bits per heavy atom. The standard InChI is InChI=1S/C14H28N2O3/c1-9(2)11(7-13(18)19)16-12(17)6-10(15)8-14(3,4)5/h9-11H,6-8,15H2,1-5H3,(H,16,17)(H,18,19). The normalized spacial score (nSPS) is 15.1. The lowest BCUT2D eigenvalue weighted by Gasteiger charge is -2.25. The van der Waals surface area contributed by atoms with Crippen LogP contribution >= 0.6 is 0 Å². The number of nitrogens with one attached hydrogen (secondary N) is 1. The van der Waals surface area contributed by atoms with E-state index in [0.717, 1.165) is 6.42 Å². The van der Waals surface area contributed by atoms with Gasteiger partial charge in [0, 0.05) is 18.5 Å². The van der Waals surface area contributed by atoms with Gasteiger partial charge in [-0.1, -0.05) is 34.6 Å². The van der Waals surface area contributed by atoms with Crippen LogP contribution in [0.1, 0.15) is 53.9 Å². The summed E-state index contributed by atoms with van der Waals surface area (Å²) >= 11 is 0. The first-order valence-electron chi connectivity index (χ1n) is 6.78. The van der Waals surface area contributed by atoms with Gasteiger partial charge < -0.3 is 16.2 Å². The largest absolute Gasteiger partial charge is 0.481 e. The molecule has 4 N–H and O–H groups in total. The van der Waals surface area contributed by atoms with Gasteiger partial charge in [-0.05, 0) is 17.8 Å². The van der Waals surface area contributed by atoms with Crippen molar-refractivity contribution in [1.29, 1.82) is 0 Å². The highest BCUT2D eigenvalue weighted by molar-refractivity contribution is 5.78. The maximum absolute atomic E-state index is 11.9. The molecule has 5 nitrogen and oxygen atoms in total. The summed E-state index contributed by atoms with van der Waals surface area (Å²) in [7, 11) is 0. The summed E-state index contributed by atoms with van der Waals surface area (Å²) in [5.74, 6) is -0.992. The van der Waals surface area contributed by atoms with Crippen molar-refractivity contribution in [3.8, 4) is 0 Å². The molecule has 0 heterocycles. The minimum Gasteiger partial charge on any atom is -0.481 e. The zero-order chi connectivity index (χ0) is 15.2. The predicted molar refractivity (Wildman–Crippen MR) is 75.7 cm³/mol. The van der Waals surface area contributed by atoms with Crippen molar-refractivity contribution in [2.24, 2.45) is 17.1 Å². The lowest BCUT2D eigenvalue weighted by atomic mass is 9.87. The second-order valence-corrected chi connectivity index (χ2v) is 6.74. The number of hydrogen-bond acceptors (Lipinski definition) is 3. The number of carboxylic acid groups (broad SMARTS) is 1. The Bertz CT molecular complexity index is 308. The summed E-state index contributed by atoms with van der Waals surface area (Å²) < 4.78 is 0. The van der Waals surface area contributed by atoms with Gasteiger partial charge in [0.05, 0.1) is 6.42 Å². The average molecular weight is 272 g/mol. The quantitative estimate of drug-likeness (QED) is 0.658. The van der Waals surface area contributed by atoms with Crippen LogP contribution in [0.3, 0.4) is 0 Å². The molecule has 0 aliphatic carbocycles. The van der Waals surface area contributed by atoms with E-state index in [1.54, 1.807) is 0 Å². The molecule has 112 valence electrons. The van der Waals surface area contributed by atoms with Crippen LogP contribution in [0.4, 0.5) is 0 Å². The molecule has 0 rings (SSSR count). The van der Waals surface area contributed by atoms with Gasteiger partial charge in [-0.2, -0.15) is 0 Å². The lowest BCUT2D eigenvalue weighted by molar-refractivity contribution is -0.138. The molecule has 0 bridgehead atoms. The van der Waals surface area contributed by atoms with E-state index < -0.39 is 5.97 Å². The number of carbonyl (C=O) groups is 2. The summed E-state index contributed by atoms with van der Waals surface area (Å²) in [6.07, 6.45) is 0.934. The third-order valence-corrected chi connectivity index (χ3v) is 2.87. The molecule has 0 aliphatic heterocycles. The van der Waals surface area contributed by atoms with Crippen molar-refractivity contribution >= 4 is 11.9 Å². The number of amides is 1. The van der Waals surface area contributed by atoms with Gasteiger partial charge in [-0.25, -0.2) is 0 Å². The molecule has 0 spiro atoms. The Hall–Kier alpha value is -1.10. The van der Waals surface area contributed by atoms with Crippen LogP contribution in [0.15, 0.2) is 0 Å². The summed E-state index contributed by atoms with van der Waals surface area (Å²) in [4.78, 5) is 22.6. The van der Waals surface area contributed by atoms with E-state index in [0.29, 0.717) is 0 Å². The van der Waals surface area contributed by atoms with Crippen molar-refractivity contribution in [2.45, 2.75) is 66.0 Å². The first-order chi connectivity index (χ1) is 8.51. The van der Waals surface area contributed by atoms with E-state index in [9.17, 15) is 9.59 Å². The van der Waals surface area contributed by atoms with Crippen LogP contribution in [0.2, 0.25) is 0 Å². The van der Waals surface area contributed by atoms with Crippen LogP contribution < -0.4 is 11.1 Å². The Kier molecular flexibility index (Phi) is 7.05. The minimum atomic E-state index is -0.905. The molecule has 2 atom stereocenters. The maximum Gasteiger partial charge on any atom is 0.305 e. The van der Waals surface area contributed by atoms with Gasteiger partial charge >= 0.3 is 5.97 Å². The van der Waals surface area contributed by atoms with Gasteiger partial charge in [-0.3, -0.25) is 9.59 Å². The number of carbonyl (C=O) groups excluding carboxylic acids is 1. The number of carboxylic acids is 1. The Balaban J connectivity index is 4.30. The van der Waals surface area contributed by atoms with E-state index in [1.165, 1.54) is 0 Å². The number of hydrogen-bond donors (Lipinski definition) is 3. The predicted octanol–water partition coefficient (Wildman–Crippen LogP) is 1.76. The number of aliphatic carboxylic acids is 1. The Labute approximate surface area is 115 Å². The van der Waals surface area contributed by atoms with Crippen LogP contribution in [0.25, 0.3) is 0 Å². The van der Waals surface area contributed by atoms with Gasteiger partial charge in [0.15, 0.2) is 0 Å². The molecule has 0 saturated carbocycles. The fourth-order valence-electron chi connectivity index (χ4n) is 2.00. The fraction of sp³-hybridized carbons (Fsp3) is 0.857. The zero-order valence-electron chi connectivity index (χ0n) is 12.7. The lowest BCUT2D eigenvalue weighted by Crippen LogP contribution is -2.42. The van der Waals surface area contributed by atoms with Crippen LogP contribution in [0, 0.1) is 11.3 Å². The summed E-state index contributed by atoms with van der Waals surface area (Å²) in [5, 5.41) is 11.6. The second-order valence-electron chi connectivity index (χ2n) is 6.74. The average Bonchev–Trinajstić information content (AvgIpc) is 2.11. The van der Waals surface area contributed by atoms with Crippen LogP contribution in [-0.4, -0.2) is 29.1 Å². The third kappa shape index (κ3) is 9.47. The van der Waals surface area contributed by atoms with Gasteiger partial charge in [0.1, 0.15) is 0 Å². The van der Waals surface area contributed by atoms with E-state index in [2.05, 4.69) is 26.1 Å². The summed E-state index contributed by atoms with van der Waals surface area (Å²) in [5.41, 5.74) is 6.02. The van der Waals surface area contributed by atoms with Crippen molar-refractivity contribution in [3.05, 3.63) is 0 Å². The highest BCUT2D eigenvalue weighted by Crippen LogP contribution is 2.21. The van der Waals surface area contributed by atoms with Gasteiger partial charge in [-0.15, -0.1) is 0 Å². The smallest absolute Gasteiger partial charge is 0.305 e. The third-order valence-electron chi connectivity index (χ3n) is 2.87. The molecule has 0 saturated heterocycles. The monoisotopic (exact) mass is 272 g/mol. The zero-order valence-corrected chi connectivity index (χ0v) is 12.7. The van der Waals surface area contributed by atoms with E-state index in [-0.39, 0.29) is 42.2 Å². The maximum atomic E-state index is 11.9. The van der Waals surface area contributed by atoms with Crippen molar-refractivity contribution in [3.63, 3.8) is 0 Å². The first-order valence-corrected chi connectivity index (χ1v) is 6.78. The number of rotatable bonds is 7. The molecule has 0 aliphatic rings. The SMILES string of the molecule is CC(C)C(CC(=O)O)NC(=O)CC(N)CC(C)(C)C. The van der Waals surface area contributed by atoms with E-state index in [4.69, 9.17) is 10.8 Å². The molecular formula is C14H28N2O3. The second kappa shape index (κ2) is 7.48. The minimum absolute atomic E-state index is 0.0576. The summed E-state index contributed by atoms with van der Waals surface area (Å²) in [6, 6.07) is -0.538. The van der Waals surface area contributed by atoms with Crippen molar-refractivity contribution in [1.82, 2.24) is 5.32 Å². The molecule has 0 aromatic heterocycles. The molecule has 0 radical (unpaired) electrons. The molecule has 1 amide bonds. The fourth-order valence-corrected chi connectivity index (χ4v) is 2.00. The molecule has 0 fully saturated rings. The van der Waals surface area contributed by atoms with Crippen LogP contribution in [-0.2, 0) is 9.59 Å². The van der Waals surface area contributed by atoms with Gasteiger partial charge in [0.2, 0.25) is 5.91 Å². The first kappa shape index (κ1) is 17.9. The summed E-state index contributed by atoms with van der Waals surface area (Å²) in [6.45, 7) is 10.0. The molecular weight excluding hydrogens is 244 g/mol. The molecule has 5 heteroatoms. The Morgan fingerprint density at radius 2 is 1.74 bits per heavy atom. The topological polar surface area (TPSA) is 92.4 Å². The molecule has 19 heavy (non-hydrogen) atoms. The van der Waals surface area contributed by atoms with E-state index >= 15 is 0 Å². The van der Waals surface area contributed by atoms with Crippen molar-refractivity contribution < 1.29 is 14.7 Å².